The molecule has 0 radical (unpaired) electrons. The number of para-hydroxylation sites is 1. The number of sulfone groups is 1. The molecule has 5 nitrogen and oxygen atoms in total. The number of carbonyl (C=O) groups excluding carboxylic acids is 1. The summed E-state index contributed by atoms with van der Waals surface area (Å²) in [5.74, 6) is -0.661. The van der Waals surface area contributed by atoms with Gasteiger partial charge in [-0.25, -0.2) is 8.42 Å². The maximum atomic E-state index is 12.3. The van der Waals surface area contributed by atoms with E-state index < -0.39 is 21.0 Å². The maximum Gasteiger partial charge on any atom is 0.242 e. The summed E-state index contributed by atoms with van der Waals surface area (Å²) in [7, 11) is -3.71. The lowest BCUT2D eigenvalue weighted by molar-refractivity contribution is -0.115. The van der Waals surface area contributed by atoms with Crippen molar-refractivity contribution in [3.63, 3.8) is 0 Å². The van der Waals surface area contributed by atoms with Gasteiger partial charge in [0.1, 0.15) is 15.5 Å². The molecule has 1 atom stereocenters. The number of nitriles is 1. The second-order valence-electron chi connectivity index (χ2n) is 4.27. The maximum absolute atomic E-state index is 12.3. The van der Waals surface area contributed by atoms with Crippen LogP contribution < -0.4 is 5.32 Å². The molecule has 0 aliphatic carbocycles. The summed E-state index contributed by atoms with van der Waals surface area (Å²) in [5, 5.41) is 11.9. The molecule has 0 spiro atoms. The fourth-order valence-electron chi connectivity index (χ4n) is 1.66. The zero-order valence-corrected chi connectivity index (χ0v) is 12.7. The van der Waals surface area contributed by atoms with Gasteiger partial charge in [-0.2, -0.15) is 5.26 Å². The number of thiophene rings is 1. The van der Waals surface area contributed by atoms with Crippen LogP contribution in [0.2, 0.25) is 0 Å². The third kappa shape index (κ3) is 3.12. The minimum absolute atomic E-state index is 0.152. The predicted octanol–water partition coefficient (Wildman–Crippen LogP) is 2.42. The van der Waals surface area contributed by atoms with Crippen molar-refractivity contribution in [2.45, 2.75) is 16.4 Å². The highest BCUT2D eigenvalue weighted by molar-refractivity contribution is 7.94. The Morgan fingerprint density at radius 3 is 2.62 bits per heavy atom. The number of amides is 1. The number of rotatable bonds is 4. The molecule has 0 aliphatic heterocycles. The number of nitrogens with one attached hydrogen (secondary N) is 1. The second-order valence-corrected chi connectivity index (χ2v) is 7.71. The van der Waals surface area contributed by atoms with Gasteiger partial charge < -0.3 is 5.32 Å². The molecule has 1 amide bonds. The molecule has 0 saturated heterocycles. The van der Waals surface area contributed by atoms with E-state index in [9.17, 15) is 13.2 Å². The summed E-state index contributed by atoms with van der Waals surface area (Å²) in [6.07, 6.45) is 0. The van der Waals surface area contributed by atoms with Crippen molar-refractivity contribution in [2.24, 2.45) is 0 Å². The first-order chi connectivity index (χ1) is 9.96. The minimum Gasteiger partial charge on any atom is -0.324 e. The van der Waals surface area contributed by atoms with Crippen LogP contribution in [0.25, 0.3) is 0 Å². The molecule has 1 aromatic carbocycles. The lowest BCUT2D eigenvalue weighted by atomic mass is 10.2. The van der Waals surface area contributed by atoms with Gasteiger partial charge in [-0.1, -0.05) is 18.2 Å². The van der Waals surface area contributed by atoms with Crippen LogP contribution in [0.15, 0.2) is 46.0 Å². The van der Waals surface area contributed by atoms with Crippen LogP contribution in [0.1, 0.15) is 12.5 Å². The molecule has 1 heterocycles. The SMILES string of the molecule is CC(C(=O)Nc1ccccc1C#N)S(=O)(=O)c1cccs1. The van der Waals surface area contributed by atoms with E-state index in [-0.39, 0.29) is 9.77 Å². The standard InChI is InChI=1S/C14H12N2O3S2/c1-10(21(18,19)13-7-4-8-20-13)14(17)16-12-6-3-2-5-11(12)9-15/h2-8,10H,1H3,(H,16,17). The number of carbonyl (C=O) groups is 1. The highest BCUT2D eigenvalue weighted by Crippen LogP contribution is 2.22. The van der Waals surface area contributed by atoms with Crippen LogP contribution >= 0.6 is 11.3 Å². The Morgan fingerprint density at radius 2 is 2.00 bits per heavy atom. The molecule has 2 aromatic rings. The molecule has 108 valence electrons. The molecule has 2 rings (SSSR count). The second kappa shape index (κ2) is 6.08. The molecule has 0 saturated carbocycles. The van der Waals surface area contributed by atoms with E-state index in [1.165, 1.54) is 13.0 Å². The number of benzene rings is 1. The van der Waals surface area contributed by atoms with Crippen molar-refractivity contribution in [3.05, 3.63) is 47.3 Å². The average Bonchev–Trinajstić information content (AvgIpc) is 3.02. The quantitative estimate of drug-likeness (QED) is 0.937. The summed E-state index contributed by atoms with van der Waals surface area (Å²) >= 11 is 1.07. The lowest BCUT2D eigenvalue weighted by Gasteiger charge is -2.13. The predicted molar refractivity (Wildman–Crippen MR) is 80.8 cm³/mol. The monoisotopic (exact) mass is 320 g/mol. The first-order valence-electron chi connectivity index (χ1n) is 6.04. The first-order valence-corrected chi connectivity index (χ1v) is 8.47. The van der Waals surface area contributed by atoms with Gasteiger partial charge in [-0.15, -0.1) is 11.3 Å². The van der Waals surface area contributed by atoms with Crippen molar-refractivity contribution >= 4 is 32.8 Å². The van der Waals surface area contributed by atoms with Gasteiger partial charge in [0.25, 0.3) is 0 Å². The molecule has 0 aliphatic rings. The number of anilines is 1. The van der Waals surface area contributed by atoms with Crippen LogP contribution in [0, 0.1) is 11.3 Å². The Morgan fingerprint density at radius 1 is 1.29 bits per heavy atom. The lowest BCUT2D eigenvalue weighted by Crippen LogP contribution is -2.32. The van der Waals surface area contributed by atoms with Gasteiger partial charge in [-0.3, -0.25) is 4.79 Å². The largest absolute Gasteiger partial charge is 0.324 e. The van der Waals surface area contributed by atoms with Crippen LogP contribution in [0.5, 0.6) is 0 Å². The fourth-order valence-corrected chi connectivity index (χ4v) is 4.21. The molecular formula is C14H12N2O3S2. The van der Waals surface area contributed by atoms with Crippen LogP contribution in [0.4, 0.5) is 5.69 Å². The van der Waals surface area contributed by atoms with E-state index >= 15 is 0 Å². The Labute approximate surface area is 126 Å². The van der Waals surface area contributed by atoms with Crippen molar-refractivity contribution in [3.8, 4) is 6.07 Å². The highest BCUT2D eigenvalue weighted by Gasteiger charge is 2.30. The Kier molecular flexibility index (Phi) is 4.40. The third-order valence-corrected chi connectivity index (χ3v) is 6.40. The van der Waals surface area contributed by atoms with Crippen molar-refractivity contribution in [1.82, 2.24) is 0 Å². The van der Waals surface area contributed by atoms with E-state index in [0.29, 0.717) is 5.69 Å². The molecule has 7 heteroatoms. The molecule has 0 fully saturated rings. The van der Waals surface area contributed by atoms with Gasteiger partial charge in [0, 0.05) is 0 Å². The van der Waals surface area contributed by atoms with Crippen LogP contribution in [-0.2, 0) is 14.6 Å². The zero-order valence-electron chi connectivity index (χ0n) is 11.1. The zero-order chi connectivity index (χ0) is 15.5. The highest BCUT2D eigenvalue weighted by atomic mass is 32.2. The van der Waals surface area contributed by atoms with E-state index in [4.69, 9.17) is 5.26 Å². The fraction of sp³-hybridized carbons (Fsp3) is 0.143. The van der Waals surface area contributed by atoms with Crippen LogP contribution in [-0.4, -0.2) is 19.6 Å². The molecule has 21 heavy (non-hydrogen) atoms. The van der Waals surface area contributed by atoms with Gasteiger partial charge in [-0.05, 0) is 30.5 Å². The van der Waals surface area contributed by atoms with E-state index in [1.807, 2.05) is 6.07 Å². The molecule has 1 N–H and O–H groups in total. The van der Waals surface area contributed by atoms with E-state index in [2.05, 4.69) is 5.32 Å². The molecule has 1 unspecified atom stereocenters. The summed E-state index contributed by atoms with van der Waals surface area (Å²) in [6, 6.07) is 11.5. The number of nitrogens with zero attached hydrogens (tertiary/aromatic N) is 1. The topological polar surface area (TPSA) is 87.0 Å². The van der Waals surface area contributed by atoms with E-state index in [1.54, 1.807) is 35.7 Å². The smallest absolute Gasteiger partial charge is 0.242 e. The average molecular weight is 320 g/mol. The van der Waals surface area contributed by atoms with Crippen molar-refractivity contribution < 1.29 is 13.2 Å². The summed E-state index contributed by atoms with van der Waals surface area (Å²) in [6.45, 7) is 1.33. The third-order valence-electron chi connectivity index (χ3n) is 2.92. The van der Waals surface area contributed by atoms with Gasteiger partial charge in [0.15, 0.2) is 9.84 Å². The Bertz CT molecular complexity index is 790. The Balaban J connectivity index is 2.23. The first kappa shape index (κ1) is 15.2. The summed E-state index contributed by atoms with van der Waals surface area (Å²) in [5.41, 5.74) is 0.588. The minimum atomic E-state index is -3.71. The van der Waals surface area contributed by atoms with Gasteiger partial charge >= 0.3 is 0 Å². The number of hydrogen-bond acceptors (Lipinski definition) is 5. The molecule has 1 aromatic heterocycles. The normalized spacial score (nSPS) is 12.4. The molecule has 0 bridgehead atoms. The van der Waals surface area contributed by atoms with E-state index in [0.717, 1.165) is 11.3 Å². The van der Waals surface area contributed by atoms with Gasteiger partial charge in [0.2, 0.25) is 5.91 Å². The Hall–Kier alpha value is -2.17. The number of hydrogen-bond donors (Lipinski definition) is 1. The molecular weight excluding hydrogens is 308 g/mol. The van der Waals surface area contributed by atoms with Crippen LogP contribution in [0.3, 0.4) is 0 Å². The van der Waals surface area contributed by atoms with Gasteiger partial charge in [0.05, 0.1) is 11.3 Å². The van der Waals surface area contributed by atoms with Crippen molar-refractivity contribution in [2.75, 3.05) is 5.32 Å². The summed E-state index contributed by atoms with van der Waals surface area (Å²) in [4.78, 5) is 12.1. The summed E-state index contributed by atoms with van der Waals surface area (Å²) < 4.78 is 24.7. The van der Waals surface area contributed by atoms with Crippen molar-refractivity contribution in [1.29, 1.82) is 5.26 Å².